The van der Waals surface area contributed by atoms with Gasteiger partial charge >= 0.3 is 12.1 Å². The van der Waals surface area contributed by atoms with Crippen molar-refractivity contribution >= 4 is 16.0 Å². The van der Waals surface area contributed by atoms with Crippen LogP contribution in [-0.4, -0.2) is 26.0 Å². The Morgan fingerprint density at radius 2 is 1.83 bits per heavy atom. The number of carboxylic acid groups (broad SMARTS) is 1. The molecule has 0 aliphatic heterocycles. The second-order valence-electron chi connectivity index (χ2n) is 5.51. The SMILES string of the molecule is CC(C)CC(CNS(=O)(=O)c1ccccc1C(F)(F)F)C(=O)O. The van der Waals surface area contributed by atoms with Crippen molar-refractivity contribution in [3.63, 3.8) is 0 Å². The Labute approximate surface area is 132 Å². The van der Waals surface area contributed by atoms with Crippen LogP contribution in [0.25, 0.3) is 0 Å². The molecule has 2 N–H and O–H groups in total. The molecule has 0 spiro atoms. The van der Waals surface area contributed by atoms with Gasteiger partial charge in [0.15, 0.2) is 0 Å². The van der Waals surface area contributed by atoms with E-state index in [1.807, 2.05) is 4.72 Å². The van der Waals surface area contributed by atoms with Crippen LogP contribution in [0.3, 0.4) is 0 Å². The number of nitrogens with one attached hydrogen (secondary N) is 1. The zero-order valence-corrected chi connectivity index (χ0v) is 13.4. The van der Waals surface area contributed by atoms with Crippen LogP contribution in [0.1, 0.15) is 25.8 Å². The summed E-state index contributed by atoms with van der Waals surface area (Å²) >= 11 is 0. The van der Waals surface area contributed by atoms with Crippen LogP contribution >= 0.6 is 0 Å². The van der Waals surface area contributed by atoms with Crippen LogP contribution in [0, 0.1) is 11.8 Å². The fraction of sp³-hybridized carbons (Fsp3) is 0.500. The van der Waals surface area contributed by atoms with E-state index in [2.05, 4.69) is 0 Å². The van der Waals surface area contributed by atoms with E-state index in [4.69, 9.17) is 5.11 Å². The first-order valence-corrected chi connectivity index (χ1v) is 8.32. The van der Waals surface area contributed by atoms with Gasteiger partial charge in [-0.2, -0.15) is 13.2 Å². The zero-order valence-electron chi connectivity index (χ0n) is 12.6. The summed E-state index contributed by atoms with van der Waals surface area (Å²) in [7, 11) is -4.47. The lowest BCUT2D eigenvalue weighted by Gasteiger charge is -2.17. The van der Waals surface area contributed by atoms with E-state index in [0.717, 1.165) is 12.1 Å². The third-order valence-corrected chi connectivity index (χ3v) is 4.59. The number of sulfonamides is 1. The summed E-state index contributed by atoms with van der Waals surface area (Å²) in [6.07, 6.45) is -4.62. The van der Waals surface area contributed by atoms with Gasteiger partial charge in [-0.1, -0.05) is 26.0 Å². The van der Waals surface area contributed by atoms with Gasteiger partial charge < -0.3 is 5.11 Å². The van der Waals surface area contributed by atoms with Crippen molar-refractivity contribution in [1.82, 2.24) is 4.72 Å². The number of hydrogen-bond donors (Lipinski definition) is 2. The molecule has 9 heteroatoms. The maximum absolute atomic E-state index is 12.9. The summed E-state index contributed by atoms with van der Waals surface area (Å²) < 4.78 is 64.9. The van der Waals surface area contributed by atoms with Gasteiger partial charge in [-0.3, -0.25) is 4.79 Å². The molecule has 0 amide bonds. The molecule has 5 nitrogen and oxygen atoms in total. The highest BCUT2D eigenvalue weighted by molar-refractivity contribution is 7.89. The van der Waals surface area contributed by atoms with E-state index in [1.165, 1.54) is 6.07 Å². The maximum atomic E-state index is 12.9. The van der Waals surface area contributed by atoms with E-state index >= 15 is 0 Å². The van der Waals surface area contributed by atoms with Gasteiger partial charge in [0, 0.05) is 6.54 Å². The summed E-state index contributed by atoms with van der Waals surface area (Å²) in [6.45, 7) is 3.06. The van der Waals surface area contributed by atoms with Crippen LogP contribution in [0.2, 0.25) is 0 Å². The van der Waals surface area contributed by atoms with E-state index in [1.54, 1.807) is 13.8 Å². The second-order valence-corrected chi connectivity index (χ2v) is 7.25. The lowest BCUT2D eigenvalue weighted by molar-refractivity contribution is -0.142. The number of carbonyl (C=O) groups is 1. The topological polar surface area (TPSA) is 83.5 Å². The van der Waals surface area contributed by atoms with E-state index in [9.17, 15) is 26.4 Å². The van der Waals surface area contributed by atoms with Crippen LogP contribution in [0.4, 0.5) is 13.2 Å². The van der Waals surface area contributed by atoms with Crippen molar-refractivity contribution < 1.29 is 31.5 Å². The van der Waals surface area contributed by atoms with Gasteiger partial charge in [0.05, 0.1) is 16.4 Å². The molecule has 0 heterocycles. The van der Waals surface area contributed by atoms with Gasteiger partial charge in [0.2, 0.25) is 10.0 Å². The van der Waals surface area contributed by atoms with Crippen molar-refractivity contribution in [2.75, 3.05) is 6.54 Å². The molecule has 1 unspecified atom stereocenters. The van der Waals surface area contributed by atoms with Crippen molar-refractivity contribution in [1.29, 1.82) is 0 Å². The fourth-order valence-corrected chi connectivity index (χ4v) is 3.37. The first kappa shape index (κ1) is 19.4. The molecule has 1 aromatic rings. The summed E-state index contributed by atoms with van der Waals surface area (Å²) in [5.41, 5.74) is -1.29. The number of halogens is 3. The average molecular weight is 353 g/mol. The fourth-order valence-electron chi connectivity index (χ4n) is 2.06. The number of rotatable bonds is 7. The van der Waals surface area contributed by atoms with E-state index in [0.29, 0.717) is 6.07 Å². The molecule has 130 valence electrons. The van der Waals surface area contributed by atoms with E-state index < -0.39 is 45.1 Å². The molecule has 0 saturated carbocycles. The van der Waals surface area contributed by atoms with Gasteiger partial charge in [-0.15, -0.1) is 0 Å². The Kier molecular flexibility index (Phi) is 6.18. The largest absolute Gasteiger partial charge is 0.481 e. The van der Waals surface area contributed by atoms with Crippen molar-refractivity contribution in [3.8, 4) is 0 Å². The molecule has 0 fully saturated rings. The second kappa shape index (κ2) is 7.31. The standard InChI is InChI=1S/C14H18F3NO4S/c1-9(2)7-10(13(19)20)8-18-23(21,22)12-6-4-3-5-11(12)14(15,16)17/h3-6,9-10,18H,7-8H2,1-2H3,(H,19,20). The van der Waals surface area contributed by atoms with Gasteiger partial charge in [-0.05, 0) is 24.5 Å². The minimum Gasteiger partial charge on any atom is -0.481 e. The maximum Gasteiger partial charge on any atom is 0.417 e. The third kappa shape index (κ3) is 5.51. The monoisotopic (exact) mass is 353 g/mol. The summed E-state index contributed by atoms with van der Waals surface area (Å²) in [5.74, 6) is -2.21. The lowest BCUT2D eigenvalue weighted by atomic mass is 9.98. The molecule has 1 rings (SSSR count). The molecule has 0 aromatic heterocycles. The average Bonchev–Trinajstić information content (AvgIpc) is 2.42. The molecule has 0 radical (unpaired) electrons. The van der Waals surface area contributed by atoms with Gasteiger partial charge in [-0.25, -0.2) is 13.1 Å². The lowest BCUT2D eigenvalue weighted by Crippen LogP contribution is -2.34. The van der Waals surface area contributed by atoms with Crippen LogP contribution in [0.5, 0.6) is 0 Å². The highest BCUT2D eigenvalue weighted by Crippen LogP contribution is 2.33. The molecular formula is C14H18F3NO4S. The quantitative estimate of drug-likeness (QED) is 0.789. The molecule has 0 bridgehead atoms. The Hall–Kier alpha value is -1.61. The molecule has 0 aliphatic carbocycles. The Balaban J connectivity index is 3.03. The normalized spacial score (nSPS) is 14.0. The van der Waals surface area contributed by atoms with Crippen LogP contribution in [-0.2, 0) is 21.0 Å². The smallest absolute Gasteiger partial charge is 0.417 e. The Bertz CT molecular complexity index is 656. The molecule has 0 saturated heterocycles. The molecular weight excluding hydrogens is 335 g/mol. The summed E-state index contributed by atoms with van der Waals surface area (Å²) in [6, 6.07) is 3.76. The minimum absolute atomic E-state index is 0.00284. The molecule has 0 aliphatic rings. The number of hydrogen-bond acceptors (Lipinski definition) is 3. The number of aliphatic carboxylic acids is 1. The summed E-state index contributed by atoms with van der Waals surface area (Å²) in [5, 5.41) is 9.06. The van der Waals surface area contributed by atoms with Crippen LogP contribution in [0.15, 0.2) is 29.2 Å². The van der Waals surface area contributed by atoms with Gasteiger partial charge in [0.1, 0.15) is 0 Å². The predicted octanol–water partition coefficient (Wildman–Crippen LogP) is 2.73. The first-order valence-electron chi connectivity index (χ1n) is 6.84. The van der Waals surface area contributed by atoms with Crippen molar-refractivity contribution in [3.05, 3.63) is 29.8 Å². The third-order valence-electron chi connectivity index (χ3n) is 3.11. The van der Waals surface area contributed by atoms with Crippen LogP contribution < -0.4 is 4.72 Å². The number of carboxylic acids is 1. The highest BCUT2D eigenvalue weighted by atomic mass is 32.2. The minimum atomic E-state index is -4.82. The summed E-state index contributed by atoms with van der Waals surface area (Å²) in [4.78, 5) is 10.2. The van der Waals surface area contributed by atoms with Gasteiger partial charge in [0.25, 0.3) is 0 Å². The first-order chi connectivity index (χ1) is 10.4. The predicted molar refractivity (Wildman–Crippen MR) is 77.2 cm³/mol. The van der Waals surface area contributed by atoms with Crippen molar-refractivity contribution in [2.45, 2.75) is 31.3 Å². The highest BCUT2D eigenvalue weighted by Gasteiger charge is 2.37. The molecule has 23 heavy (non-hydrogen) atoms. The zero-order chi connectivity index (χ0) is 17.8. The van der Waals surface area contributed by atoms with Crippen molar-refractivity contribution in [2.24, 2.45) is 11.8 Å². The Morgan fingerprint density at radius 3 is 2.30 bits per heavy atom. The van der Waals surface area contributed by atoms with E-state index in [-0.39, 0.29) is 12.3 Å². The molecule has 1 atom stereocenters. The number of benzene rings is 1. The Morgan fingerprint density at radius 1 is 1.26 bits per heavy atom. The number of alkyl halides is 3. The molecule has 1 aromatic carbocycles.